The minimum Gasteiger partial charge on any atom is -0.493 e. The molecule has 0 radical (unpaired) electrons. The van der Waals surface area contributed by atoms with Gasteiger partial charge in [-0.15, -0.1) is 0 Å². The third-order valence-electron chi connectivity index (χ3n) is 2.68. The van der Waals surface area contributed by atoms with Gasteiger partial charge in [0.1, 0.15) is 17.4 Å². The van der Waals surface area contributed by atoms with E-state index in [1.54, 1.807) is 50.6 Å². The number of rotatable bonds is 4. The molecular formula is C15H12BrNO3. The maximum Gasteiger partial charge on any atom is 0.211 e. The van der Waals surface area contributed by atoms with Crippen molar-refractivity contribution in [1.29, 1.82) is 5.26 Å². The van der Waals surface area contributed by atoms with E-state index in [4.69, 9.17) is 14.2 Å². The highest BCUT2D eigenvalue weighted by atomic mass is 79.9. The summed E-state index contributed by atoms with van der Waals surface area (Å²) in [4.78, 5) is 0. The van der Waals surface area contributed by atoms with Gasteiger partial charge in [-0.2, -0.15) is 5.26 Å². The Morgan fingerprint density at radius 1 is 0.950 bits per heavy atom. The Balaban J connectivity index is 2.50. The Morgan fingerprint density at radius 2 is 1.50 bits per heavy atom. The Labute approximate surface area is 125 Å². The summed E-state index contributed by atoms with van der Waals surface area (Å²) in [5, 5.41) is 9.21. The monoisotopic (exact) mass is 333 g/mol. The zero-order valence-corrected chi connectivity index (χ0v) is 12.6. The minimum atomic E-state index is 0.417. The molecule has 0 spiro atoms. The summed E-state index contributed by atoms with van der Waals surface area (Å²) in [7, 11) is 3.10. The molecule has 0 aliphatic carbocycles. The molecule has 0 aliphatic rings. The van der Waals surface area contributed by atoms with Crippen molar-refractivity contribution in [3.05, 3.63) is 46.4 Å². The van der Waals surface area contributed by atoms with Crippen LogP contribution in [0.1, 0.15) is 5.56 Å². The van der Waals surface area contributed by atoms with Crippen molar-refractivity contribution in [3.8, 4) is 29.1 Å². The molecule has 0 unspecified atom stereocenters. The van der Waals surface area contributed by atoms with Crippen LogP contribution < -0.4 is 14.2 Å². The Hall–Kier alpha value is -2.19. The highest BCUT2D eigenvalue weighted by Crippen LogP contribution is 2.41. The highest BCUT2D eigenvalue weighted by molar-refractivity contribution is 9.10. The zero-order valence-electron chi connectivity index (χ0n) is 11.0. The summed E-state index contributed by atoms with van der Waals surface area (Å²) in [6, 6.07) is 12.7. The number of methoxy groups -OCH3 is 2. The number of para-hydroxylation sites is 1. The summed E-state index contributed by atoms with van der Waals surface area (Å²) in [6.45, 7) is 0. The van der Waals surface area contributed by atoms with Crippen LogP contribution in [0.3, 0.4) is 0 Å². The number of hydrogen-bond donors (Lipinski definition) is 0. The van der Waals surface area contributed by atoms with Crippen molar-refractivity contribution >= 4 is 15.9 Å². The summed E-state index contributed by atoms with van der Waals surface area (Å²) in [6.07, 6.45) is 0. The highest BCUT2D eigenvalue weighted by Gasteiger charge is 2.15. The second-order valence-corrected chi connectivity index (χ2v) is 4.67. The molecule has 20 heavy (non-hydrogen) atoms. The average molecular weight is 334 g/mol. The van der Waals surface area contributed by atoms with Crippen LogP contribution >= 0.6 is 15.9 Å². The molecule has 0 N–H and O–H groups in total. The molecule has 0 amide bonds. The third-order valence-corrected chi connectivity index (χ3v) is 3.34. The molecule has 0 saturated carbocycles. The maximum atomic E-state index is 9.21. The molecule has 5 heteroatoms. The Bertz CT molecular complexity index is 642. The third kappa shape index (κ3) is 2.70. The van der Waals surface area contributed by atoms with Gasteiger partial charge >= 0.3 is 0 Å². The fourth-order valence-corrected chi connectivity index (χ4v) is 2.16. The fraction of sp³-hybridized carbons (Fsp3) is 0.133. The number of hydrogen-bond acceptors (Lipinski definition) is 4. The quantitative estimate of drug-likeness (QED) is 0.844. The van der Waals surface area contributed by atoms with Crippen LogP contribution in [0.25, 0.3) is 0 Å². The summed E-state index contributed by atoms with van der Waals surface area (Å²) < 4.78 is 17.0. The second-order valence-electron chi connectivity index (χ2n) is 3.82. The molecule has 102 valence electrons. The van der Waals surface area contributed by atoms with Gasteiger partial charge in [-0.25, -0.2) is 0 Å². The molecule has 2 aromatic rings. The second kappa shape index (κ2) is 6.31. The van der Waals surface area contributed by atoms with Crippen molar-refractivity contribution in [2.75, 3.05) is 14.2 Å². The van der Waals surface area contributed by atoms with Crippen molar-refractivity contribution < 1.29 is 14.2 Å². The number of nitriles is 1. The van der Waals surface area contributed by atoms with Gasteiger partial charge < -0.3 is 14.2 Å². The van der Waals surface area contributed by atoms with Gasteiger partial charge in [0.05, 0.1) is 14.2 Å². The molecule has 2 rings (SSSR count). The van der Waals surface area contributed by atoms with Gasteiger partial charge in [-0.1, -0.05) is 12.1 Å². The number of halogens is 1. The smallest absolute Gasteiger partial charge is 0.211 e. The van der Waals surface area contributed by atoms with Gasteiger partial charge in [0.2, 0.25) is 5.75 Å². The lowest BCUT2D eigenvalue weighted by molar-refractivity contribution is 0.346. The zero-order chi connectivity index (χ0) is 14.5. The largest absolute Gasteiger partial charge is 0.493 e. The molecule has 0 aromatic heterocycles. The first-order valence-corrected chi connectivity index (χ1v) is 6.58. The van der Waals surface area contributed by atoms with Gasteiger partial charge in [0, 0.05) is 4.47 Å². The van der Waals surface area contributed by atoms with Gasteiger partial charge in [-0.3, -0.25) is 0 Å². The number of benzene rings is 2. The predicted octanol–water partition coefficient (Wildman–Crippen LogP) is 4.13. The first kappa shape index (κ1) is 14.2. The van der Waals surface area contributed by atoms with E-state index in [0.29, 0.717) is 33.0 Å². The molecular weight excluding hydrogens is 322 g/mol. The molecule has 4 nitrogen and oxygen atoms in total. The van der Waals surface area contributed by atoms with Crippen molar-refractivity contribution in [2.45, 2.75) is 0 Å². The minimum absolute atomic E-state index is 0.417. The Kier molecular flexibility index (Phi) is 4.49. The first-order chi connectivity index (χ1) is 9.71. The fourth-order valence-electron chi connectivity index (χ4n) is 1.73. The topological polar surface area (TPSA) is 51.5 Å². The van der Waals surface area contributed by atoms with E-state index in [9.17, 15) is 5.26 Å². The van der Waals surface area contributed by atoms with Crippen molar-refractivity contribution in [1.82, 2.24) is 0 Å². The van der Waals surface area contributed by atoms with Crippen molar-refractivity contribution in [2.24, 2.45) is 0 Å². The van der Waals surface area contributed by atoms with E-state index in [2.05, 4.69) is 22.0 Å². The summed E-state index contributed by atoms with van der Waals surface area (Å²) >= 11 is 3.33. The van der Waals surface area contributed by atoms with E-state index in [-0.39, 0.29) is 0 Å². The SMILES string of the molecule is COc1cccc(OC)c1Oc1cccc(Br)c1C#N. The van der Waals surface area contributed by atoms with Crippen LogP contribution in [0.4, 0.5) is 0 Å². The number of ether oxygens (including phenoxy) is 3. The maximum absolute atomic E-state index is 9.21. The summed E-state index contributed by atoms with van der Waals surface area (Å²) in [5.74, 6) is 1.94. The predicted molar refractivity (Wildman–Crippen MR) is 78.5 cm³/mol. The van der Waals surface area contributed by atoms with Crippen LogP contribution in [-0.2, 0) is 0 Å². The van der Waals surface area contributed by atoms with E-state index in [0.717, 1.165) is 0 Å². The molecule has 2 aromatic carbocycles. The number of nitrogens with zero attached hydrogens (tertiary/aromatic N) is 1. The van der Waals surface area contributed by atoms with Gasteiger partial charge in [0.25, 0.3) is 0 Å². The standard InChI is InChI=1S/C15H12BrNO3/c1-18-13-7-4-8-14(19-2)15(13)20-12-6-3-5-11(16)10(12)9-17/h3-8H,1-2H3. The molecule has 0 fully saturated rings. The first-order valence-electron chi connectivity index (χ1n) is 5.78. The van der Waals surface area contributed by atoms with Crippen molar-refractivity contribution in [3.63, 3.8) is 0 Å². The van der Waals surface area contributed by atoms with E-state index < -0.39 is 0 Å². The van der Waals surface area contributed by atoms with Gasteiger partial charge in [0.15, 0.2) is 11.5 Å². The van der Waals surface area contributed by atoms with Crippen LogP contribution in [0.15, 0.2) is 40.9 Å². The van der Waals surface area contributed by atoms with Crippen LogP contribution in [0, 0.1) is 11.3 Å². The van der Waals surface area contributed by atoms with E-state index in [1.807, 2.05) is 0 Å². The molecule has 0 atom stereocenters. The lowest BCUT2D eigenvalue weighted by Gasteiger charge is -2.14. The summed E-state index contributed by atoms with van der Waals surface area (Å²) in [5.41, 5.74) is 0.417. The molecule has 0 saturated heterocycles. The van der Waals surface area contributed by atoms with E-state index >= 15 is 0 Å². The van der Waals surface area contributed by atoms with Gasteiger partial charge in [-0.05, 0) is 40.2 Å². The van der Waals surface area contributed by atoms with E-state index in [1.165, 1.54) is 0 Å². The van der Waals surface area contributed by atoms with Crippen LogP contribution in [-0.4, -0.2) is 14.2 Å². The molecule has 0 aliphatic heterocycles. The average Bonchev–Trinajstić information content (AvgIpc) is 2.47. The molecule has 0 bridgehead atoms. The normalized spacial score (nSPS) is 9.70. The lowest BCUT2D eigenvalue weighted by Crippen LogP contribution is -1.96. The lowest BCUT2D eigenvalue weighted by atomic mass is 10.2. The van der Waals surface area contributed by atoms with Crippen LogP contribution in [0.2, 0.25) is 0 Å². The van der Waals surface area contributed by atoms with Crippen LogP contribution in [0.5, 0.6) is 23.0 Å². The molecule has 0 heterocycles. The Morgan fingerprint density at radius 3 is 2.05 bits per heavy atom.